The number of halogens is 1. The quantitative estimate of drug-likeness (QED) is 0.803. The lowest BCUT2D eigenvalue weighted by molar-refractivity contribution is -0.132. The van der Waals surface area contributed by atoms with Crippen LogP contribution in [0.4, 0.5) is 0 Å². The van der Waals surface area contributed by atoms with Gasteiger partial charge in [0.15, 0.2) is 0 Å². The zero-order valence-electron chi connectivity index (χ0n) is 11.6. The van der Waals surface area contributed by atoms with E-state index in [2.05, 4.69) is 10.2 Å². The standard InChI is InChI=1S/C14H22N2O3.ClH/c17-14(5-9-8-18-4-3-15-9)16-6-10-11(7-16)13-2-1-12(10)19-13;/h9-13,15H,1-8H2;1H. The van der Waals surface area contributed by atoms with Crippen LogP contribution in [0.3, 0.4) is 0 Å². The minimum Gasteiger partial charge on any atom is -0.378 e. The van der Waals surface area contributed by atoms with E-state index in [-0.39, 0.29) is 24.4 Å². The van der Waals surface area contributed by atoms with Gasteiger partial charge in [-0.3, -0.25) is 4.79 Å². The fourth-order valence-corrected chi connectivity index (χ4v) is 4.25. The summed E-state index contributed by atoms with van der Waals surface area (Å²) in [7, 11) is 0. The predicted molar refractivity (Wildman–Crippen MR) is 75.9 cm³/mol. The molecular weight excluding hydrogens is 280 g/mol. The van der Waals surface area contributed by atoms with Gasteiger partial charge in [0.05, 0.1) is 25.4 Å². The van der Waals surface area contributed by atoms with Gasteiger partial charge in [0.25, 0.3) is 0 Å². The van der Waals surface area contributed by atoms with Crippen LogP contribution in [-0.4, -0.2) is 61.9 Å². The molecule has 0 spiro atoms. The maximum Gasteiger partial charge on any atom is 0.224 e. The number of hydrogen-bond acceptors (Lipinski definition) is 4. The van der Waals surface area contributed by atoms with E-state index in [0.717, 1.165) is 26.2 Å². The molecule has 6 heteroatoms. The molecule has 0 saturated carbocycles. The van der Waals surface area contributed by atoms with E-state index in [1.54, 1.807) is 0 Å². The van der Waals surface area contributed by atoms with Gasteiger partial charge in [-0.15, -0.1) is 12.4 Å². The minimum absolute atomic E-state index is 0. The van der Waals surface area contributed by atoms with Crippen LogP contribution in [-0.2, 0) is 14.3 Å². The van der Waals surface area contributed by atoms with Crippen molar-refractivity contribution in [3.8, 4) is 0 Å². The Kier molecular flexibility index (Phi) is 4.22. The normalized spacial score (nSPS) is 42.4. The molecule has 0 aliphatic carbocycles. The Morgan fingerprint density at radius 3 is 2.50 bits per heavy atom. The number of morpholine rings is 1. The van der Waals surface area contributed by atoms with E-state index in [1.807, 2.05) is 0 Å². The van der Waals surface area contributed by atoms with Crippen molar-refractivity contribution in [2.45, 2.75) is 37.5 Å². The summed E-state index contributed by atoms with van der Waals surface area (Å²) in [5.74, 6) is 1.51. The molecule has 0 aromatic heterocycles. The molecule has 1 N–H and O–H groups in total. The topological polar surface area (TPSA) is 50.8 Å². The van der Waals surface area contributed by atoms with E-state index >= 15 is 0 Å². The number of likely N-dealkylation sites (tertiary alicyclic amines) is 1. The number of nitrogens with one attached hydrogen (secondary N) is 1. The fourth-order valence-electron chi connectivity index (χ4n) is 4.25. The first-order valence-corrected chi connectivity index (χ1v) is 7.55. The highest BCUT2D eigenvalue weighted by molar-refractivity contribution is 5.85. The molecule has 20 heavy (non-hydrogen) atoms. The van der Waals surface area contributed by atoms with E-state index < -0.39 is 0 Å². The molecule has 2 bridgehead atoms. The summed E-state index contributed by atoms with van der Waals surface area (Å²) < 4.78 is 11.4. The number of nitrogens with zero attached hydrogens (tertiary/aromatic N) is 1. The van der Waals surface area contributed by atoms with Crippen LogP contribution in [0.15, 0.2) is 0 Å². The molecule has 4 fully saturated rings. The van der Waals surface area contributed by atoms with Crippen LogP contribution in [0.2, 0.25) is 0 Å². The molecule has 0 aromatic carbocycles. The van der Waals surface area contributed by atoms with Crippen LogP contribution in [0.25, 0.3) is 0 Å². The van der Waals surface area contributed by atoms with Gasteiger partial charge < -0.3 is 19.7 Å². The summed E-state index contributed by atoms with van der Waals surface area (Å²) >= 11 is 0. The molecule has 4 aliphatic rings. The minimum atomic E-state index is 0. The second kappa shape index (κ2) is 5.79. The van der Waals surface area contributed by atoms with Gasteiger partial charge in [0, 0.05) is 43.9 Å². The highest BCUT2D eigenvalue weighted by Crippen LogP contribution is 2.47. The van der Waals surface area contributed by atoms with Crippen molar-refractivity contribution in [3.63, 3.8) is 0 Å². The van der Waals surface area contributed by atoms with Crippen LogP contribution in [0.5, 0.6) is 0 Å². The highest BCUT2D eigenvalue weighted by atomic mass is 35.5. The largest absolute Gasteiger partial charge is 0.378 e. The Balaban J connectivity index is 0.00000121. The Morgan fingerprint density at radius 2 is 1.90 bits per heavy atom. The third-order valence-electron chi connectivity index (χ3n) is 5.22. The third-order valence-corrected chi connectivity index (χ3v) is 5.22. The molecule has 4 saturated heterocycles. The lowest BCUT2D eigenvalue weighted by Crippen LogP contribution is -2.45. The summed E-state index contributed by atoms with van der Waals surface area (Å²) in [6.45, 7) is 4.12. The summed E-state index contributed by atoms with van der Waals surface area (Å²) in [6, 6.07) is 0.203. The molecule has 0 radical (unpaired) electrons. The van der Waals surface area contributed by atoms with Crippen molar-refractivity contribution >= 4 is 18.3 Å². The van der Waals surface area contributed by atoms with E-state index in [9.17, 15) is 4.79 Å². The number of fused-ring (bicyclic) bond motifs is 5. The molecule has 5 nitrogen and oxygen atoms in total. The maximum absolute atomic E-state index is 12.4. The second-order valence-electron chi connectivity index (χ2n) is 6.35. The van der Waals surface area contributed by atoms with Crippen molar-refractivity contribution in [2.75, 3.05) is 32.8 Å². The fraction of sp³-hybridized carbons (Fsp3) is 0.929. The number of carbonyl (C=O) groups excluding carboxylic acids is 1. The van der Waals surface area contributed by atoms with Crippen molar-refractivity contribution in [2.24, 2.45) is 11.8 Å². The first-order valence-electron chi connectivity index (χ1n) is 7.55. The Hall–Kier alpha value is -0.360. The van der Waals surface area contributed by atoms with E-state index in [0.29, 0.717) is 37.1 Å². The van der Waals surface area contributed by atoms with Crippen LogP contribution in [0.1, 0.15) is 19.3 Å². The second-order valence-corrected chi connectivity index (χ2v) is 6.35. The average Bonchev–Trinajstić information content (AvgIpc) is 3.12. The molecule has 5 unspecified atom stereocenters. The van der Waals surface area contributed by atoms with Crippen molar-refractivity contribution in [1.29, 1.82) is 0 Å². The van der Waals surface area contributed by atoms with Crippen LogP contribution < -0.4 is 5.32 Å². The van der Waals surface area contributed by atoms with Gasteiger partial charge in [-0.05, 0) is 12.8 Å². The van der Waals surface area contributed by atoms with Crippen LogP contribution >= 0.6 is 12.4 Å². The van der Waals surface area contributed by atoms with Crippen molar-refractivity contribution in [1.82, 2.24) is 10.2 Å². The Morgan fingerprint density at radius 1 is 1.20 bits per heavy atom. The number of carbonyl (C=O) groups is 1. The van der Waals surface area contributed by atoms with Gasteiger partial charge >= 0.3 is 0 Å². The van der Waals surface area contributed by atoms with Gasteiger partial charge in [0.2, 0.25) is 5.91 Å². The van der Waals surface area contributed by atoms with Gasteiger partial charge in [0.1, 0.15) is 0 Å². The molecule has 4 rings (SSSR count). The zero-order valence-corrected chi connectivity index (χ0v) is 12.4. The Bertz CT molecular complexity index is 357. The summed E-state index contributed by atoms with van der Waals surface area (Å²) in [5.41, 5.74) is 0. The van der Waals surface area contributed by atoms with Crippen LogP contribution in [0, 0.1) is 11.8 Å². The number of amides is 1. The van der Waals surface area contributed by atoms with E-state index in [1.165, 1.54) is 12.8 Å². The molecule has 4 heterocycles. The lowest BCUT2D eigenvalue weighted by Gasteiger charge is -2.26. The van der Waals surface area contributed by atoms with Gasteiger partial charge in [-0.25, -0.2) is 0 Å². The van der Waals surface area contributed by atoms with Gasteiger partial charge in [-0.2, -0.15) is 0 Å². The first-order chi connectivity index (χ1) is 9.31. The average molecular weight is 303 g/mol. The SMILES string of the molecule is Cl.O=C(CC1COCCN1)N1CC2C3CCC(O3)C2C1. The molecule has 114 valence electrons. The lowest BCUT2D eigenvalue weighted by atomic mass is 9.82. The van der Waals surface area contributed by atoms with E-state index in [4.69, 9.17) is 9.47 Å². The number of ether oxygens (including phenoxy) is 2. The highest BCUT2D eigenvalue weighted by Gasteiger charge is 2.53. The molecule has 0 aromatic rings. The van der Waals surface area contributed by atoms with Crippen molar-refractivity contribution < 1.29 is 14.3 Å². The summed E-state index contributed by atoms with van der Waals surface area (Å²) in [4.78, 5) is 14.4. The molecule has 5 atom stereocenters. The predicted octanol–water partition coefficient (Wildman–Crippen LogP) is 0.422. The monoisotopic (exact) mass is 302 g/mol. The summed E-state index contributed by atoms with van der Waals surface area (Å²) in [5, 5.41) is 3.36. The number of rotatable bonds is 2. The van der Waals surface area contributed by atoms with Crippen molar-refractivity contribution in [3.05, 3.63) is 0 Å². The summed E-state index contributed by atoms with van der Waals surface area (Å²) in [6.07, 6.45) is 3.85. The zero-order chi connectivity index (χ0) is 12.8. The Labute approximate surface area is 125 Å². The molecule has 4 aliphatic heterocycles. The third kappa shape index (κ3) is 2.45. The number of hydrogen-bond donors (Lipinski definition) is 1. The smallest absolute Gasteiger partial charge is 0.224 e. The molecular formula is C14H23ClN2O3. The first kappa shape index (κ1) is 14.6. The maximum atomic E-state index is 12.4. The van der Waals surface area contributed by atoms with Gasteiger partial charge in [-0.1, -0.05) is 0 Å². The molecule has 1 amide bonds.